The summed E-state index contributed by atoms with van der Waals surface area (Å²) >= 11 is 0. The van der Waals surface area contributed by atoms with Crippen molar-refractivity contribution in [2.75, 3.05) is 19.6 Å². The SMILES string of the molecule is Cc1ccnn1CCC(=O)N1CC2CCC1CN(C(=O)c1cnccn1)C2. The number of fused-ring (bicyclic) bond motifs is 4. The van der Waals surface area contributed by atoms with Crippen molar-refractivity contribution in [3.8, 4) is 0 Å². The molecule has 8 heteroatoms. The molecule has 8 nitrogen and oxygen atoms in total. The Kier molecular flexibility index (Phi) is 4.87. The Morgan fingerprint density at radius 1 is 1.15 bits per heavy atom. The van der Waals surface area contributed by atoms with Gasteiger partial charge in [0, 0.05) is 62.9 Å². The minimum Gasteiger partial charge on any atom is -0.338 e. The van der Waals surface area contributed by atoms with Gasteiger partial charge < -0.3 is 9.80 Å². The third kappa shape index (κ3) is 3.70. The molecule has 2 aromatic heterocycles. The molecule has 5 rings (SSSR count). The molecule has 2 aromatic rings. The highest BCUT2D eigenvalue weighted by Gasteiger charge is 2.38. The maximum absolute atomic E-state index is 12.9. The van der Waals surface area contributed by atoms with Crippen molar-refractivity contribution in [1.29, 1.82) is 0 Å². The summed E-state index contributed by atoms with van der Waals surface area (Å²) in [6.07, 6.45) is 8.79. The van der Waals surface area contributed by atoms with Crippen molar-refractivity contribution >= 4 is 11.8 Å². The Morgan fingerprint density at radius 2 is 2.04 bits per heavy atom. The van der Waals surface area contributed by atoms with Crippen LogP contribution in [0.2, 0.25) is 0 Å². The van der Waals surface area contributed by atoms with Crippen LogP contribution in [-0.2, 0) is 11.3 Å². The van der Waals surface area contributed by atoms with Crippen LogP contribution in [0.3, 0.4) is 0 Å². The van der Waals surface area contributed by atoms with E-state index in [0.29, 0.717) is 37.7 Å². The van der Waals surface area contributed by atoms with E-state index in [1.807, 2.05) is 27.5 Å². The van der Waals surface area contributed by atoms with Crippen molar-refractivity contribution in [3.63, 3.8) is 0 Å². The molecule has 0 N–H and O–H groups in total. The van der Waals surface area contributed by atoms with E-state index < -0.39 is 0 Å². The molecule has 2 atom stereocenters. The van der Waals surface area contributed by atoms with Gasteiger partial charge in [0.05, 0.1) is 6.20 Å². The van der Waals surface area contributed by atoms with Gasteiger partial charge in [-0.3, -0.25) is 19.3 Å². The second kappa shape index (κ2) is 7.46. The van der Waals surface area contributed by atoms with Crippen LogP contribution in [0.1, 0.15) is 35.4 Å². The van der Waals surface area contributed by atoms with E-state index in [2.05, 4.69) is 15.1 Å². The molecule has 2 bridgehead atoms. The molecule has 0 aliphatic carbocycles. The molecular formula is C19H24N6O2. The van der Waals surface area contributed by atoms with Gasteiger partial charge in [-0.05, 0) is 31.7 Å². The van der Waals surface area contributed by atoms with Crippen LogP contribution in [0.25, 0.3) is 0 Å². The number of carbonyl (C=O) groups excluding carboxylic acids is 2. The average Bonchev–Trinajstić information content (AvgIpc) is 2.91. The number of rotatable bonds is 4. The van der Waals surface area contributed by atoms with Gasteiger partial charge in [-0.2, -0.15) is 5.10 Å². The predicted molar refractivity (Wildman–Crippen MR) is 97.7 cm³/mol. The molecule has 0 radical (unpaired) electrons. The molecule has 0 saturated carbocycles. The van der Waals surface area contributed by atoms with Gasteiger partial charge in [0.2, 0.25) is 5.91 Å². The highest BCUT2D eigenvalue weighted by Crippen LogP contribution is 2.29. The minimum absolute atomic E-state index is 0.0792. The molecule has 2 amide bonds. The number of piperidine rings is 1. The summed E-state index contributed by atoms with van der Waals surface area (Å²) < 4.78 is 1.86. The van der Waals surface area contributed by atoms with Crippen LogP contribution in [0.5, 0.6) is 0 Å². The van der Waals surface area contributed by atoms with Crippen LogP contribution in [0.4, 0.5) is 0 Å². The fourth-order valence-electron chi connectivity index (χ4n) is 4.10. The summed E-state index contributed by atoms with van der Waals surface area (Å²) in [5.41, 5.74) is 1.42. The van der Waals surface area contributed by atoms with E-state index in [0.717, 1.165) is 25.1 Å². The lowest BCUT2D eigenvalue weighted by molar-refractivity contribution is -0.135. The summed E-state index contributed by atoms with van der Waals surface area (Å²) in [4.78, 5) is 37.6. The van der Waals surface area contributed by atoms with Gasteiger partial charge in [-0.25, -0.2) is 4.98 Å². The van der Waals surface area contributed by atoms with Crippen molar-refractivity contribution in [3.05, 3.63) is 42.2 Å². The topological polar surface area (TPSA) is 84.2 Å². The molecule has 2 unspecified atom stereocenters. The van der Waals surface area contributed by atoms with Crippen LogP contribution in [0, 0.1) is 12.8 Å². The molecule has 27 heavy (non-hydrogen) atoms. The smallest absolute Gasteiger partial charge is 0.274 e. The highest BCUT2D eigenvalue weighted by molar-refractivity contribution is 5.92. The Bertz CT molecular complexity index is 821. The third-order valence-electron chi connectivity index (χ3n) is 5.57. The zero-order valence-corrected chi connectivity index (χ0v) is 15.5. The summed E-state index contributed by atoms with van der Waals surface area (Å²) in [6.45, 7) is 4.55. The van der Waals surface area contributed by atoms with Crippen molar-refractivity contribution in [1.82, 2.24) is 29.5 Å². The maximum atomic E-state index is 12.9. The Morgan fingerprint density at radius 3 is 2.78 bits per heavy atom. The lowest BCUT2D eigenvalue weighted by Crippen LogP contribution is -2.48. The zero-order valence-electron chi connectivity index (χ0n) is 15.5. The molecule has 142 valence electrons. The summed E-state index contributed by atoms with van der Waals surface area (Å²) in [7, 11) is 0. The lowest BCUT2D eigenvalue weighted by Gasteiger charge is -2.36. The number of hydrogen-bond acceptors (Lipinski definition) is 5. The van der Waals surface area contributed by atoms with Gasteiger partial charge in [0.15, 0.2) is 0 Å². The Labute approximate surface area is 158 Å². The first-order chi connectivity index (χ1) is 13.1. The van der Waals surface area contributed by atoms with E-state index in [4.69, 9.17) is 0 Å². The fourth-order valence-corrected chi connectivity index (χ4v) is 4.10. The van der Waals surface area contributed by atoms with Gasteiger partial charge in [-0.1, -0.05) is 0 Å². The average molecular weight is 368 g/mol. The van der Waals surface area contributed by atoms with Crippen LogP contribution in [0.15, 0.2) is 30.9 Å². The van der Waals surface area contributed by atoms with Gasteiger partial charge in [0.1, 0.15) is 5.69 Å². The summed E-state index contributed by atoms with van der Waals surface area (Å²) in [6, 6.07) is 2.02. The largest absolute Gasteiger partial charge is 0.338 e. The first-order valence-corrected chi connectivity index (χ1v) is 9.45. The van der Waals surface area contributed by atoms with Crippen LogP contribution >= 0.6 is 0 Å². The standard InChI is InChI=1S/C19H24N6O2/c1-14-4-6-22-25(14)9-5-18(26)24-12-15-2-3-16(24)13-23(11-15)19(27)17-10-20-7-8-21-17/h4,6-8,10,15-16H,2-3,5,9,11-13H2,1H3. The molecule has 5 heterocycles. The molecular weight excluding hydrogens is 344 g/mol. The van der Waals surface area contributed by atoms with Crippen LogP contribution < -0.4 is 0 Å². The van der Waals surface area contributed by atoms with E-state index in [1.165, 1.54) is 12.4 Å². The summed E-state index contributed by atoms with van der Waals surface area (Å²) in [5.74, 6) is 0.370. The van der Waals surface area contributed by atoms with Gasteiger partial charge in [0.25, 0.3) is 5.91 Å². The number of nitrogens with zero attached hydrogens (tertiary/aromatic N) is 6. The molecule has 3 saturated heterocycles. The van der Waals surface area contributed by atoms with Crippen molar-refractivity contribution in [2.24, 2.45) is 5.92 Å². The Balaban J connectivity index is 1.42. The van der Waals surface area contributed by atoms with Crippen molar-refractivity contribution in [2.45, 2.75) is 38.8 Å². The number of hydrogen-bond donors (Lipinski definition) is 0. The first kappa shape index (κ1) is 17.6. The second-order valence-corrected chi connectivity index (χ2v) is 7.39. The molecule has 3 aliphatic heterocycles. The van der Waals surface area contributed by atoms with Gasteiger partial charge in [-0.15, -0.1) is 0 Å². The summed E-state index contributed by atoms with van der Waals surface area (Å²) in [5, 5.41) is 4.25. The molecule has 0 spiro atoms. The second-order valence-electron chi connectivity index (χ2n) is 7.39. The first-order valence-electron chi connectivity index (χ1n) is 9.45. The number of aromatic nitrogens is 4. The fraction of sp³-hybridized carbons (Fsp3) is 0.526. The van der Waals surface area contributed by atoms with E-state index in [9.17, 15) is 9.59 Å². The van der Waals surface area contributed by atoms with E-state index >= 15 is 0 Å². The number of amides is 2. The van der Waals surface area contributed by atoms with Crippen molar-refractivity contribution < 1.29 is 9.59 Å². The lowest BCUT2D eigenvalue weighted by atomic mass is 9.94. The monoisotopic (exact) mass is 368 g/mol. The maximum Gasteiger partial charge on any atom is 0.274 e. The third-order valence-corrected chi connectivity index (χ3v) is 5.57. The quantitative estimate of drug-likeness (QED) is 0.808. The molecule has 3 fully saturated rings. The van der Waals surface area contributed by atoms with E-state index in [-0.39, 0.29) is 17.9 Å². The number of aryl methyl sites for hydroxylation is 2. The Hall–Kier alpha value is -2.77. The number of carbonyl (C=O) groups is 2. The van der Waals surface area contributed by atoms with Crippen LogP contribution in [-0.4, -0.2) is 67.0 Å². The zero-order chi connectivity index (χ0) is 18.8. The minimum atomic E-state index is -0.0959. The molecule has 3 aliphatic rings. The normalized spacial score (nSPS) is 22.0. The predicted octanol–water partition coefficient (Wildman–Crippen LogP) is 1.13. The van der Waals surface area contributed by atoms with Gasteiger partial charge >= 0.3 is 0 Å². The molecule has 0 aromatic carbocycles. The highest BCUT2D eigenvalue weighted by atomic mass is 16.2. The van der Waals surface area contributed by atoms with E-state index in [1.54, 1.807) is 12.4 Å².